The largest absolute Gasteiger partial charge is 0.340 e. The summed E-state index contributed by atoms with van der Waals surface area (Å²) in [5, 5.41) is 6.35. The van der Waals surface area contributed by atoms with Gasteiger partial charge in [-0.3, -0.25) is 4.98 Å². The van der Waals surface area contributed by atoms with Gasteiger partial charge in [-0.05, 0) is 11.1 Å². The van der Waals surface area contributed by atoms with E-state index >= 15 is 0 Å². The Kier molecular flexibility index (Phi) is 3.55. The Hall–Kier alpha value is -3.41. The van der Waals surface area contributed by atoms with E-state index < -0.39 is 0 Å². The predicted octanol–water partition coefficient (Wildman–Crippen LogP) is 2.68. The summed E-state index contributed by atoms with van der Waals surface area (Å²) in [6.07, 6.45) is 3.63. The Labute approximate surface area is 137 Å². The van der Waals surface area contributed by atoms with Gasteiger partial charge in [-0.1, -0.05) is 54.6 Å². The van der Waals surface area contributed by atoms with Gasteiger partial charge in [0.2, 0.25) is 0 Å². The van der Waals surface area contributed by atoms with Crippen LogP contribution in [0.5, 0.6) is 0 Å². The number of hydrogen-bond acceptors (Lipinski definition) is 3. The highest BCUT2D eigenvalue weighted by Crippen LogP contribution is 2.30. The van der Waals surface area contributed by atoms with Crippen LogP contribution in [-0.4, -0.2) is 24.7 Å². The van der Waals surface area contributed by atoms with Gasteiger partial charge in [0.05, 0.1) is 6.54 Å². The van der Waals surface area contributed by atoms with E-state index in [-0.39, 0.29) is 5.69 Å². The predicted molar refractivity (Wildman–Crippen MR) is 91.4 cm³/mol. The Morgan fingerprint density at radius 1 is 0.958 bits per heavy atom. The quantitative estimate of drug-likeness (QED) is 0.607. The smallest absolute Gasteiger partial charge is 0.323 e. The summed E-state index contributed by atoms with van der Waals surface area (Å²) in [5.74, 6) is 1.40. The molecule has 4 rings (SSSR count). The van der Waals surface area contributed by atoms with Crippen molar-refractivity contribution in [2.24, 2.45) is 0 Å². The molecule has 4 aromatic rings. The van der Waals surface area contributed by atoms with Crippen molar-refractivity contribution in [3.05, 3.63) is 83.3 Å². The molecule has 0 fully saturated rings. The van der Waals surface area contributed by atoms with Crippen LogP contribution in [0.25, 0.3) is 22.5 Å². The van der Waals surface area contributed by atoms with Gasteiger partial charge >= 0.3 is 5.69 Å². The number of nitrogens with zero attached hydrogens (tertiary/aromatic N) is 3. The lowest BCUT2D eigenvalue weighted by atomic mass is 9.99. The van der Waals surface area contributed by atoms with Gasteiger partial charge in [0.25, 0.3) is 0 Å². The van der Waals surface area contributed by atoms with Crippen molar-refractivity contribution in [3.63, 3.8) is 0 Å². The topological polar surface area (TPSA) is 79.4 Å². The van der Waals surface area contributed by atoms with Crippen molar-refractivity contribution < 1.29 is 0 Å². The maximum atomic E-state index is 11.2. The Bertz CT molecular complexity index is 1010. The van der Waals surface area contributed by atoms with Gasteiger partial charge < -0.3 is 4.57 Å². The van der Waals surface area contributed by atoms with E-state index in [2.05, 4.69) is 44.4 Å². The zero-order valence-electron chi connectivity index (χ0n) is 12.8. The molecule has 2 aromatic carbocycles. The molecule has 6 nitrogen and oxygen atoms in total. The molecule has 2 aromatic heterocycles. The first-order valence-electron chi connectivity index (χ1n) is 7.61. The van der Waals surface area contributed by atoms with Crippen molar-refractivity contribution in [1.82, 2.24) is 24.7 Å². The van der Waals surface area contributed by atoms with Crippen LogP contribution in [0.1, 0.15) is 5.82 Å². The van der Waals surface area contributed by atoms with Gasteiger partial charge in [-0.2, -0.15) is 5.10 Å². The lowest BCUT2D eigenvalue weighted by molar-refractivity contribution is 0.755. The number of H-pyrrole nitrogens is 2. The number of imidazole rings is 1. The first-order chi connectivity index (χ1) is 11.8. The van der Waals surface area contributed by atoms with Gasteiger partial charge in [0.15, 0.2) is 5.82 Å². The highest BCUT2D eigenvalue weighted by Gasteiger charge is 2.13. The monoisotopic (exact) mass is 317 g/mol. The van der Waals surface area contributed by atoms with Crippen LogP contribution in [0.15, 0.2) is 71.8 Å². The van der Waals surface area contributed by atoms with Crippen molar-refractivity contribution >= 4 is 0 Å². The number of rotatable bonds is 4. The van der Waals surface area contributed by atoms with E-state index in [0.717, 1.165) is 22.5 Å². The summed E-state index contributed by atoms with van der Waals surface area (Å²) in [5.41, 5.74) is 2.97. The average molecular weight is 317 g/mol. The molecule has 118 valence electrons. The number of benzene rings is 2. The molecule has 0 spiro atoms. The van der Waals surface area contributed by atoms with Gasteiger partial charge in [0, 0.05) is 18.0 Å². The maximum Gasteiger partial charge on any atom is 0.340 e. The minimum Gasteiger partial charge on any atom is -0.323 e. The molecule has 0 atom stereocenters. The zero-order valence-corrected chi connectivity index (χ0v) is 12.8. The molecule has 0 saturated carbocycles. The second-order valence-electron chi connectivity index (χ2n) is 5.41. The molecule has 0 aliphatic carbocycles. The molecule has 2 N–H and O–H groups in total. The minimum atomic E-state index is -0.309. The Balaban J connectivity index is 1.78. The second-order valence-corrected chi connectivity index (χ2v) is 5.41. The Morgan fingerprint density at radius 3 is 2.46 bits per heavy atom. The first-order valence-corrected chi connectivity index (χ1v) is 7.61. The molecule has 2 heterocycles. The molecule has 0 radical (unpaired) electrons. The van der Waals surface area contributed by atoms with E-state index in [9.17, 15) is 4.79 Å². The van der Waals surface area contributed by atoms with Gasteiger partial charge in [-0.15, -0.1) is 0 Å². The van der Waals surface area contributed by atoms with Crippen molar-refractivity contribution in [2.45, 2.75) is 6.54 Å². The summed E-state index contributed by atoms with van der Waals surface area (Å²) in [6, 6.07) is 18.4. The lowest BCUT2D eigenvalue weighted by Gasteiger charge is -2.11. The standard InChI is InChI=1S/C18H15N5O/c24-18-20-16(21-22-18)12-23-11-10-19-17(23)15-9-5-4-8-14(15)13-6-2-1-3-7-13/h1-11H,12H2,(H2,20,21,22,24). The SMILES string of the molecule is O=c1[nH]nc(Cn2ccnc2-c2ccccc2-c2ccccc2)[nH]1. The molecule has 0 aliphatic rings. The molecule has 0 amide bonds. The van der Waals surface area contributed by atoms with Crippen LogP contribution >= 0.6 is 0 Å². The number of hydrogen-bond donors (Lipinski definition) is 2. The van der Waals surface area contributed by atoms with Crippen molar-refractivity contribution in [3.8, 4) is 22.5 Å². The highest BCUT2D eigenvalue weighted by atomic mass is 16.1. The fourth-order valence-corrected chi connectivity index (χ4v) is 2.77. The molecular weight excluding hydrogens is 302 g/mol. The van der Waals surface area contributed by atoms with Crippen molar-refractivity contribution in [2.75, 3.05) is 0 Å². The molecule has 0 bridgehead atoms. The molecule has 6 heteroatoms. The highest BCUT2D eigenvalue weighted by molar-refractivity contribution is 5.80. The number of aromatic amines is 2. The van der Waals surface area contributed by atoms with Crippen LogP contribution in [0, 0.1) is 0 Å². The fourth-order valence-electron chi connectivity index (χ4n) is 2.77. The minimum absolute atomic E-state index is 0.309. The van der Waals surface area contributed by atoms with Crippen molar-refractivity contribution in [1.29, 1.82) is 0 Å². The third-order valence-corrected chi connectivity index (χ3v) is 3.84. The van der Waals surface area contributed by atoms with E-state index in [1.807, 2.05) is 41.1 Å². The van der Waals surface area contributed by atoms with Crippen LogP contribution in [0.4, 0.5) is 0 Å². The molecule has 24 heavy (non-hydrogen) atoms. The first kappa shape index (κ1) is 14.2. The zero-order chi connectivity index (χ0) is 16.4. The van der Waals surface area contributed by atoms with Gasteiger partial charge in [-0.25, -0.2) is 14.9 Å². The molecule has 0 aliphatic heterocycles. The fraction of sp³-hybridized carbons (Fsp3) is 0.0556. The summed E-state index contributed by atoms with van der Waals surface area (Å²) in [7, 11) is 0. The number of aromatic nitrogens is 5. The maximum absolute atomic E-state index is 11.2. The number of nitrogens with one attached hydrogen (secondary N) is 2. The summed E-state index contributed by atoms with van der Waals surface area (Å²) in [6.45, 7) is 0.442. The van der Waals surface area contributed by atoms with Crippen LogP contribution in [0.3, 0.4) is 0 Å². The van der Waals surface area contributed by atoms with E-state index in [1.165, 1.54) is 0 Å². The average Bonchev–Trinajstić information content (AvgIpc) is 3.25. The Morgan fingerprint density at radius 2 is 1.71 bits per heavy atom. The van der Waals surface area contributed by atoms with Crippen LogP contribution < -0.4 is 5.69 Å². The van der Waals surface area contributed by atoms with E-state index in [1.54, 1.807) is 6.20 Å². The normalized spacial score (nSPS) is 10.8. The van der Waals surface area contributed by atoms with Crippen LogP contribution in [-0.2, 0) is 6.54 Å². The third-order valence-electron chi connectivity index (χ3n) is 3.84. The summed E-state index contributed by atoms with van der Waals surface area (Å²) >= 11 is 0. The summed E-state index contributed by atoms with van der Waals surface area (Å²) < 4.78 is 1.97. The van der Waals surface area contributed by atoms with E-state index in [4.69, 9.17) is 0 Å². The summed E-state index contributed by atoms with van der Waals surface area (Å²) in [4.78, 5) is 18.4. The van der Waals surface area contributed by atoms with E-state index in [0.29, 0.717) is 12.4 Å². The van der Waals surface area contributed by atoms with Gasteiger partial charge in [0.1, 0.15) is 5.82 Å². The molecule has 0 saturated heterocycles. The molecule has 0 unspecified atom stereocenters. The second kappa shape index (κ2) is 6.00. The van der Waals surface area contributed by atoms with Crippen LogP contribution in [0.2, 0.25) is 0 Å². The lowest BCUT2D eigenvalue weighted by Crippen LogP contribution is -2.05. The third kappa shape index (κ3) is 2.65. The molecular formula is C18H15N5O.